The summed E-state index contributed by atoms with van der Waals surface area (Å²) in [5, 5.41) is 10.9. The number of nitrogens with one attached hydrogen (secondary N) is 1. The summed E-state index contributed by atoms with van der Waals surface area (Å²) in [5.41, 5.74) is 0.971. The minimum Gasteiger partial charge on any atom is -0.351 e. The van der Waals surface area contributed by atoms with Gasteiger partial charge in [0.1, 0.15) is 0 Å². The van der Waals surface area contributed by atoms with Crippen LogP contribution in [0.1, 0.15) is 39.3 Å². The van der Waals surface area contributed by atoms with Gasteiger partial charge in [-0.15, -0.1) is 5.10 Å². The summed E-state index contributed by atoms with van der Waals surface area (Å²) in [4.78, 5) is 4.33. The first-order valence-electron chi connectivity index (χ1n) is 4.55. The maximum Gasteiger partial charge on any atom is 0.243 e. The molecule has 0 fully saturated rings. The number of hydrogen-bond donors (Lipinski definition) is 1. The normalized spacial score (nSPS) is 10.9. The fourth-order valence-electron chi connectivity index (χ4n) is 0.914. The number of anilines is 1. The molecule has 0 aromatic carbocycles. The molecule has 1 aromatic rings. The minimum absolute atomic E-state index is 0.337. The third-order valence-corrected chi connectivity index (χ3v) is 1.59. The molecule has 0 aliphatic heterocycles. The van der Waals surface area contributed by atoms with E-state index in [9.17, 15) is 0 Å². The van der Waals surface area contributed by atoms with Gasteiger partial charge in [0.15, 0.2) is 0 Å². The van der Waals surface area contributed by atoms with Gasteiger partial charge in [-0.25, -0.2) is 4.98 Å². The van der Waals surface area contributed by atoms with Crippen molar-refractivity contribution < 1.29 is 0 Å². The number of hydrogen-bond acceptors (Lipinski definition) is 4. The van der Waals surface area contributed by atoms with E-state index in [0.717, 1.165) is 5.69 Å². The molecule has 0 saturated carbocycles. The van der Waals surface area contributed by atoms with Gasteiger partial charge in [-0.1, -0.05) is 13.8 Å². The van der Waals surface area contributed by atoms with Crippen molar-refractivity contribution in [3.63, 3.8) is 0 Å². The van der Waals surface area contributed by atoms with Crippen LogP contribution in [0.5, 0.6) is 0 Å². The van der Waals surface area contributed by atoms with Crippen LogP contribution in [0.3, 0.4) is 0 Å². The van der Waals surface area contributed by atoms with E-state index in [-0.39, 0.29) is 0 Å². The van der Waals surface area contributed by atoms with E-state index in [1.165, 1.54) is 0 Å². The van der Waals surface area contributed by atoms with Gasteiger partial charge in [0, 0.05) is 6.04 Å². The predicted molar refractivity (Wildman–Crippen MR) is 52.7 cm³/mol. The van der Waals surface area contributed by atoms with Gasteiger partial charge in [0.05, 0.1) is 11.9 Å². The second-order valence-corrected chi connectivity index (χ2v) is 3.66. The van der Waals surface area contributed by atoms with Gasteiger partial charge >= 0.3 is 0 Å². The fraction of sp³-hybridized carbons (Fsp3) is 0.667. The van der Waals surface area contributed by atoms with E-state index in [0.29, 0.717) is 17.9 Å². The first-order valence-corrected chi connectivity index (χ1v) is 4.55. The quantitative estimate of drug-likeness (QED) is 0.770. The average molecular weight is 180 g/mol. The van der Waals surface area contributed by atoms with E-state index >= 15 is 0 Å². The van der Waals surface area contributed by atoms with Crippen molar-refractivity contribution in [1.82, 2.24) is 15.2 Å². The highest BCUT2D eigenvalue weighted by Gasteiger charge is 2.04. The first kappa shape index (κ1) is 9.89. The van der Waals surface area contributed by atoms with E-state index < -0.39 is 0 Å². The summed E-state index contributed by atoms with van der Waals surface area (Å²) in [6, 6.07) is 0.337. The lowest BCUT2D eigenvalue weighted by Gasteiger charge is -2.09. The molecule has 0 aliphatic carbocycles. The molecule has 1 rings (SSSR count). The third kappa shape index (κ3) is 2.97. The molecule has 1 aromatic heterocycles. The molecule has 1 N–H and O–H groups in total. The molecule has 0 radical (unpaired) electrons. The van der Waals surface area contributed by atoms with Gasteiger partial charge in [-0.3, -0.25) is 0 Å². The molecule has 0 bridgehead atoms. The fourth-order valence-corrected chi connectivity index (χ4v) is 0.914. The molecule has 4 heteroatoms. The van der Waals surface area contributed by atoms with Crippen LogP contribution >= 0.6 is 0 Å². The Bertz CT molecular complexity index is 270. The molecule has 13 heavy (non-hydrogen) atoms. The Morgan fingerprint density at radius 3 is 2.46 bits per heavy atom. The maximum atomic E-state index is 4.33. The topological polar surface area (TPSA) is 50.7 Å². The predicted octanol–water partition coefficient (Wildman–Crippen LogP) is 1.82. The third-order valence-electron chi connectivity index (χ3n) is 1.59. The zero-order valence-electron chi connectivity index (χ0n) is 8.57. The van der Waals surface area contributed by atoms with E-state index in [1.54, 1.807) is 6.20 Å². The van der Waals surface area contributed by atoms with Gasteiger partial charge in [0.2, 0.25) is 5.95 Å². The first-order chi connectivity index (χ1) is 6.09. The van der Waals surface area contributed by atoms with Crippen molar-refractivity contribution in [2.75, 3.05) is 5.32 Å². The van der Waals surface area contributed by atoms with Gasteiger partial charge < -0.3 is 5.32 Å². The molecule has 0 amide bonds. The number of rotatable bonds is 3. The molecule has 0 spiro atoms. The van der Waals surface area contributed by atoms with Crippen LogP contribution in [0.15, 0.2) is 6.20 Å². The summed E-state index contributed by atoms with van der Waals surface area (Å²) >= 11 is 0. The van der Waals surface area contributed by atoms with Crippen LogP contribution in [0.25, 0.3) is 0 Å². The van der Waals surface area contributed by atoms with Crippen molar-refractivity contribution in [1.29, 1.82) is 0 Å². The van der Waals surface area contributed by atoms with E-state index in [2.05, 4.69) is 34.3 Å². The van der Waals surface area contributed by atoms with Crippen molar-refractivity contribution >= 4 is 5.95 Å². The van der Waals surface area contributed by atoms with Gasteiger partial charge in [0.25, 0.3) is 0 Å². The average Bonchev–Trinajstić information content (AvgIpc) is 2.03. The lowest BCUT2D eigenvalue weighted by atomic mass is 10.1. The van der Waals surface area contributed by atoms with Crippen LogP contribution in [-0.4, -0.2) is 21.2 Å². The Kier molecular flexibility index (Phi) is 3.17. The molecule has 72 valence electrons. The van der Waals surface area contributed by atoms with Gasteiger partial charge in [-0.05, 0) is 19.8 Å². The lowest BCUT2D eigenvalue weighted by Crippen LogP contribution is -2.14. The van der Waals surface area contributed by atoms with E-state index in [4.69, 9.17) is 0 Å². The summed E-state index contributed by atoms with van der Waals surface area (Å²) in [6.07, 6.45) is 1.70. The molecule has 0 saturated heterocycles. The molecule has 0 atom stereocenters. The number of nitrogens with zero attached hydrogens (tertiary/aromatic N) is 3. The minimum atomic E-state index is 0.337. The van der Waals surface area contributed by atoms with E-state index in [1.807, 2.05) is 13.8 Å². The zero-order chi connectivity index (χ0) is 9.84. The molecule has 4 nitrogen and oxygen atoms in total. The van der Waals surface area contributed by atoms with Crippen LogP contribution in [0.4, 0.5) is 5.95 Å². The highest BCUT2D eigenvalue weighted by atomic mass is 15.2. The Labute approximate surface area is 78.8 Å². The molecule has 0 aliphatic rings. The molecular weight excluding hydrogens is 164 g/mol. The van der Waals surface area contributed by atoms with Crippen LogP contribution < -0.4 is 5.32 Å². The largest absolute Gasteiger partial charge is 0.351 e. The second kappa shape index (κ2) is 4.16. The molecular formula is C9H16N4. The smallest absolute Gasteiger partial charge is 0.243 e. The van der Waals surface area contributed by atoms with Crippen LogP contribution in [-0.2, 0) is 0 Å². The van der Waals surface area contributed by atoms with Crippen molar-refractivity contribution in [2.45, 2.75) is 39.7 Å². The highest BCUT2D eigenvalue weighted by Crippen LogP contribution is 2.10. The standard InChI is InChI=1S/C9H16N4/c1-6(2)8-5-10-13-9(12-8)11-7(3)4/h5-7H,1-4H3,(H,11,12,13). The van der Waals surface area contributed by atoms with Crippen molar-refractivity contribution in [3.8, 4) is 0 Å². The highest BCUT2D eigenvalue weighted by molar-refractivity contribution is 5.24. The summed E-state index contributed by atoms with van der Waals surface area (Å²) in [5.74, 6) is 1.00. The lowest BCUT2D eigenvalue weighted by molar-refractivity contribution is 0.773. The summed E-state index contributed by atoms with van der Waals surface area (Å²) < 4.78 is 0. The van der Waals surface area contributed by atoms with Gasteiger partial charge in [-0.2, -0.15) is 5.10 Å². The Morgan fingerprint density at radius 2 is 1.92 bits per heavy atom. The maximum absolute atomic E-state index is 4.33. The Morgan fingerprint density at radius 1 is 1.23 bits per heavy atom. The molecule has 1 heterocycles. The van der Waals surface area contributed by atoms with Crippen LogP contribution in [0.2, 0.25) is 0 Å². The summed E-state index contributed by atoms with van der Waals surface area (Å²) in [7, 11) is 0. The number of aromatic nitrogens is 3. The van der Waals surface area contributed by atoms with Crippen LogP contribution in [0, 0.1) is 0 Å². The summed E-state index contributed by atoms with van der Waals surface area (Å²) in [6.45, 7) is 8.27. The Hall–Kier alpha value is -1.19. The SMILES string of the molecule is CC(C)Nc1nncc(C(C)C)n1. The Balaban J connectivity index is 2.79. The second-order valence-electron chi connectivity index (χ2n) is 3.66. The van der Waals surface area contributed by atoms with Crippen molar-refractivity contribution in [3.05, 3.63) is 11.9 Å². The zero-order valence-corrected chi connectivity index (χ0v) is 8.57. The molecule has 0 unspecified atom stereocenters. The monoisotopic (exact) mass is 180 g/mol. The van der Waals surface area contributed by atoms with Crippen molar-refractivity contribution in [2.24, 2.45) is 0 Å².